The largest absolute Gasteiger partial charge is 0.506 e. The molecule has 1 aromatic rings. The lowest BCUT2D eigenvalue weighted by atomic mass is 10.1. The molecule has 15 heavy (non-hydrogen) atoms. The maximum atomic E-state index is 10.6. The Morgan fingerprint density at radius 2 is 2.07 bits per heavy atom. The third-order valence-corrected chi connectivity index (χ3v) is 3.43. The minimum atomic E-state index is -1.07. The van der Waals surface area contributed by atoms with Crippen LogP contribution in [0.2, 0.25) is 0 Å². The Balaban J connectivity index is 2.97. The van der Waals surface area contributed by atoms with E-state index in [-0.39, 0.29) is 12.2 Å². The smallest absolute Gasteiger partial charge is 0.320 e. The molecule has 82 valence electrons. The fourth-order valence-electron chi connectivity index (χ4n) is 1.06. The highest BCUT2D eigenvalue weighted by Gasteiger charge is 2.16. The molecule has 4 nitrogen and oxygen atoms in total. The Hall–Kier alpha value is -0.590. The van der Waals surface area contributed by atoms with Crippen LogP contribution < -0.4 is 5.73 Å². The zero-order chi connectivity index (χ0) is 11.6. The van der Waals surface area contributed by atoms with Crippen LogP contribution in [0.25, 0.3) is 0 Å². The number of phenolic OH excluding ortho intramolecular Hbond substituents is 1. The van der Waals surface area contributed by atoms with Gasteiger partial charge in [0.25, 0.3) is 0 Å². The highest BCUT2D eigenvalue weighted by Crippen LogP contribution is 2.35. The Kier molecular flexibility index (Phi) is 4.12. The van der Waals surface area contributed by atoms with E-state index in [9.17, 15) is 9.90 Å². The van der Waals surface area contributed by atoms with Crippen molar-refractivity contribution < 1.29 is 15.0 Å². The number of phenols is 1. The highest BCUT2D eigenvalue weighted by atomic mass is 79.9. The van der Waals surface area contributed by atoms with E-state index in [0.29, 0.717) is 14.5 Å². The van der Waals surface area contributed by atoms with E-state index in [1.54, 1.807) is 12.1 Å². The summed E-state index contributed by atoms with van der Waals surface area (Å²) in [6.45, 7) is 0. The molecule has 6 heteroatoms. The zero-order valence-electron chi connectivity index (χ0n) is 7.58. The Bertz CT molecular complexity index is 395. The van der Waals surface area contributed by atoms with E-state index in [1.807, 2.05) is 0 Å². The summed E-state index contributed by atoms with van der Waals surface area (Å²) < 4.78 is 1.01. The van der Waals surface area contributed by atoms with Gasteiger partial charge in [0.1, 0.15) is 11.8 Å². The molecule has 4 N–H and O–H groups in total. The van der Waals surface area contributed by atoms with Crippen molar-refractivity contribution in [3.05, 3.63) is 26.6 Å². The van der Waals surface area contributed by atoms with Gasteiger partial charge in [0.2, 0.25) is 0 Å². The molecule has 0 radical (unpaired) electrons. The molecule has 0 spiro atoms. The van der Waals surface area contributed by atoms with Crippen molar-refractivity contribution in [2.75, 3.05) is 0 Å². The van der Waals surface area contributed by atoms with Crippen molar-refractivity contribution in [1.82, 2.24) is 0 Å². The molecule has 1 aromatic carbocycles. The number of carbonyl (C=O) groups is 1. The van der Waals surface area contributed by atoms with Crippen LogP contribution in [-0.2, 0) is 11.2 Å². The second-order valence-electron chi connectivity index (χ2n) is 3.02. The monoisotopic (exact) mass is 337 g/mol. The molecule has 0 unspecified atom stereocenters. The minimum Gasteiger partial charge on any atom is -0.506 e. The molecule has 0 aliphatic carbocycles. The fraction of sp³-hybridized carbons (Fsp3) is 0.222. The average molecular weight is 339 g/mol. The third kappa shape index (κ3) is 2.93. The molecule has 1 rings (SSSR count). The summed E-state index contributed by atoms with van der Waals surface area (Å²) in [4.78, 5) is 10.6. The second kappa shape index (κ2) is 4.96. The first kappa shape index (κ1) is 12.5. The predicted octanol–water partition coefficient (Wildman–Crippen LogP) is 1.87. The molecule has 0 aliphatic rings. The lowest BCUT2D eigenvalue weighted by Gasteiger charge is -2.10. The van der Waals surface area contributed by atoms with Gasteiger partial charge in [-0.2, -0.15) is 0 Å². The van der Waals surface area contributed by atoms with Crippen molar-refractivity contribution in [2.45, 2.75) is 12.5 Å². The summed E-state index contributed by atoms with van der Waals surface area (Å²) in [6, 6.07) is 2.38. The Morgan fingerprint density at radius 1 is 1.47 bits per heavy atom. The Morgan fingerprint density at radius 3 is 2.60 bits per heavy atom. The number of hydrogen-bond donors (Lipinski definition) is 3. The Labute approximate surface area is 103 Å². The second-order valence-corrected chi connectivity index (χ2v) is 4.67. The van der Waals surface area contributed by atoms with Crippen LogP contribution in [0, 0.1) is 0 Å². The summed E-state index contributed by atoms with van der Waals surface area (Å²) in [5.41, 5.74) is 6.05. The summed E-state index contributed by atoms with van der Waals surface area (Å²) in [5, 5.41) is 18.2. The summed E-state index contributed by atoms with van der Waals surface area (Å²) in [7, 11) is 0. The van der Waals surface area contributed by atoms with E-state index in [1.165, 1.54) is 0 Å². The molecular weight excluding hydrogens is 330 g/mol. The van der Waals surface area contributed by atoms with Crippen LogP contribution in [0.5, 0.6) is 5.75 Å². The number of benzene rings is 1. The van der Waals surface area contributed by atoms with Gasteiger partial charge in [0, 0.05) is 0 Å². The first-order chi connectivity index (χ1) is 6.93. The van der Waals surface area contributed by atoms with E-state index in [2.05, 4.69) is 31.9 Å². The molecule has 0 aromatic heterocycles. The number of carboxylic acids is 1. The number of aromatic hydroxyl groups is 1. The van der Waals surface area contributed by atoms with Crippen molar-refractivity contribution in [1.29, 1.82) is 0 Å². The van der Waals surface area contributed by atoms with E-state index in [4.69, 9.17) is 10.8 Å². The molecule has 0 saturated carbocycles. The van der Waals surface area contributed by atoms with E-state index < -0.39 is 12.0 Å². The quantitative estimate of drug-likeness (QED) is 0.785. The summed E-state index contributed by atoms with van der Waals surface area (Å²) in [6.07, 6.45) is 0.163. The molecule has 0 bridgehead atoms. The van der Waals surface area contributed by atoms with Crippen molar-refractivity contribution in [3.63, 3.8) is 0 Å². The standard InChI is InChI=1S/C9H9Br2NO3/c10-5-2-1-4(7(11)8(5)13)3-6(12)9(14)15/h1-2,6,13H,3,12H2,(H,14,15)/t6-/m0/s1. The van der Waals surface area contributed by atoms with Gasteiger partial charge in [-0.3, -0.25) is 4.79 Å². The van der Waals surface area contributed by atoms with Gasteiger partial charge in [-0.25, -0.2) is 0 Å². The van der Waals surface area contributed by atoms with Crippen LogP contribution >= 0.6 is 31.9 Å². The maximum absolute atomic E-state index is 10.6. The molecular formula is C9H9Br2NO3. The lowest BCUT2D eigenvalue weighted by molar-refractivity contribution is -0.138. The van der Waals surface area contributed by atoms with Gasteiger partial charge >= 0.3 is 5.97 Å². The van der Waals surface area contributed by atoms with Gasteiger partial charge in [-0.05, 0) is 49.9 Å². The number of aliphatic carboxylic acids is 1. The first-order valence-corrected chi connectivity index (χ1v) is 5.66. The highest BCUT2D eigenvalue weighted by molar-refractivity contribution is 9.11. The van der Waals surface area contributed by atoms with E-state index in [0.717, 1.165) is 0 Å². The van der Waals surface area contributed by atoms with E-state index >= 15 is 0 Å². The van der Waals surface area contributed by atoms with Crippen molar-refractivity contribution in [3.8, 4) is 5.75 Å². The zero-order valence-corrected chi connectivity index (χ0v) is 10.7. The molecule has 0 amide bonds. The predicted molar refractivity (Wildman–Crippen MR) is 62.8 cm³/mol. The number of rotatable bonds is 3. The van der Waals surface area contributed by atoms with Crippen molar-refractivity contribution in [2.24, 2.45) is 5.73 Å². The van der Waals surface area contributed by atoms with Gasteiger partial charge in [-0.15, -0.1) is 0 Å². The molecule has 0 fully saturated rings. The number of hydrogen-bond acceptors (Lipinski definition) is 3. The van der Waals surface area contributed by atoms with Gasteiger partial charge in [-0.1, -0.05) is 6.07 Å². The normalized spacial score (nSPS) is 12.5. The number of halogens is 2. The lowest BCUT2D eigenvalue weighted by Crippen LogP contribution is -2.32. The molecule has 1 atom stereocenters. The maximum Gasteiger partial charge on any atom is 0.320 e. The molecule has 0 saturated heterocycles. The summed E-state index contributed by atoms with van der Waals surface area (Å²) >= 11 is 6.33. The number of nitrogens with two attached hydrogens (primary N) is 1. The van der Waals surface area contributed by atoms with Crippen LogP contribution in [0.1, 0.15) is 5.56 Å². The van der Waals surface area contributed by atoms with Crippen LogP contribution in [-0.4, -0.2) is 22.2 Å². The minimum absolute atomic E-state index is 0.0464. The van der Waals surface area contributed by atoms with Crippen LogP contribution in [0.3, 0.4) is 0 Å². The average Bonchev–Trinajstić information content (AvgIpc) is 2.18. The van der Waals surface area contributed by atoms with Crippen LogP contribution in [0.4, 0.5) is 0 Å². The summed E-state index contributed by atoms with van der Waals surface area (Å²) in [5.74, 6) is -1.02. The topological polar surface area (TPSA) is 83.5 Å². The molecule has 0 aliphatic heterocycles. The molecule has 0 heterocycles. The van der Waals surface area contributed by atoms with Gasteiger partial charge < -0.3 is 15.9 Å². The van der Waals surface area contributed by atoms with Crippen molar-refractivity contribution >= 4 is 37.8 Å². The SMILES string of the molecule is N[C@@H](Cc1ccc(Br)c(O)c1Br)C(=O)O. The number of carboxylic acid groups (broad SMARTS) is 1. The first-order valence-electron chi connectivity index (χ1n) is 4.07. The van der Waals surface area contributed by atoms with Gasteiger partial charge in [0.15, 0.2) is 0 Å². The third-order valence-electron chi connectivity index (χ3n) is 1.90. The fourth-order valence-corrected chi connectivity index (χ4v) is 2.17. The van der Waals surface area contributed by atoms with Crippen LogP contribution in [0.15, 0.2) is 21.1 Å². The van der Waals surface area contributed by atoms with Gasteiger partial charge in [0.05, 0.1) is 8.95 Å².